The molecule has 0 saturated carbocycles. The fraction of sp³-hybridized carbons (Fsp3) is 0.789. The van der Waals surface area contributed by atoms with Crippen molar-refractivity contribution in [2.45, 2.75) is 88.2 Å². The number of hydrogen-bond donors (Lipinski definition) is 2. The summed E-state index contributed by atoms with van der Waals surface area (Å²) in [7, 11) is 0. The molecule has 1 unspecified atom stereocenters. The van der Waals surface area contributed by atoms with Gasteiger partial charge in [-0.15, -0.1) is 0 Å². The minimum absolute atomic E-state index is 0.147. The molecule has 4 atom stereocenters. The van der Waals surface area contributed by atoms with E-state index in [4.69, 9.17) is 9.47 Å². The minimum atomic E-state index is -1.48. The minimum Gasteiger partial charge on any atom is -0.462 e. The molecular weight excluding hydrogens is 354 g/mol. The van der Waals surface area contributed by atoms with E-state index in [1.54, 1.807) is 0 Å². The molecule has 7 heteroatoms. The first kappa shape index (κ1) is 19.7. The van der Waals surface area contributed by atoms with Crippen LogP contribution in [0.4, 0.5) is 4.79 Å². The van der Waals surface area contributed by atoms with Crippen LogP contribution in [0.15, 0.2) is 12.2 Å². The maximum Gasteiger partial charge on any atom is 0.306 e. The van der Waals surface area contributed by atoms with Crippen LogP contribution in [0, 0.1) is 0 Å². The molecule has 3 heterocycles. The molecule has 26 heavy (non-hydrogen) atoms. The SMILES string of the molecule is O=C1CCCCC/C=C/CCCC2C[C@H](C[C@](O)([C@@H]3CSC(=O)N3)O2)O1. The molecule has 3 rings (SSSR count). The van der Waals surface area contributed by atoms with Crippen molar-refractivity contribution in [3.8, 4) is 0 Å². The zero-order valence-electron chi connectivity index (χ0n) is 15.2. The fourth-order valence-corrected chi connectivity index (χ4v) is 4.75. The third-order valence-corrected chi connectivity index (χ3v) is 6.13. The number of amides is 1. The maximum absolute atomic E-state index is 12.2. The molecule has 146 valence electrons. The summed E-state index contributed by atoms with van der Waals surface area (Å²) < 4.78 is 11.7. The van der Waals surface area contributed by atoms with Crippen LogP contribution in [0.1, 0.15) is 64.2 Å². The number of esters is 1. The Morgan fingerprint density at radius 3 is 2.69 bits per heavy atom. The number of hydrogen-bond acceptors (Lipinski definition) is 6. The van der Waals surface area contributed by atoms with Crippen molar-refractivity contribution in [1.82, 2.24) is 5.32 Å². The summed E-state index contributed by atoms with van der Waals surface area (Å²) in [5.41, 5.74) is 0. The fourth-order valence-electron chi connectivity index (χ4n) is 3.86. The number of nitrogens with one attached hydrogen (secondary N) is 1. The van der Waals surface area contributed by atoms with Gasteiger partial charge in [0.25, 0.3) is 5.24 Å². The average molecular weight is 384 g/mol. The van der Waals surface area contributed by atoms with Crippen molar-refractivity contribution in [2.75, 3.05) is 5.75 Å². The van der Waals surface area contributed by atoms with Crippen LogP contribution in [0.2, 0.25) is 0 Å². The average Bonchev–Trinajstić information content (AvgIpc) is 3.02. The second-order valence-corrected chi connectivity index (χ2v) is 8.43. The Hall–Kier alpha value is -1.05. The molecule has 0 aromatic heterocycles. The largest absolute Gasteiger partial charge is 0.462 e. The lowest BCUT2D eigenvalue weighted by Gasteiger charge is -2.43. The van der Waals surface area contributed by atoms with Crippen LogP contribution in [0.5, 0.6) is 0 Å². The molecule has 0 aliphatic carbocycles. The molecule has 3 aliphatic heterocycles. The molecule has 2 saturated heterocycles. The monoisotopic (exact) mass is 383 g/mol. The maximum atomic E-state index is 12.2. The Labute approximate surface area is 159 Å². The molecule has 0 aromatic rings. The van der Waals surface area contributed by atoms with Gasteiger partial charge in [0, 0.05) is 25.0 Å². The summed E-state index contributed by atoms with van der Waals surface area (Å²) in [6.45, 7) is 0. The summed E-state index contributed by atoms with van der Waals surface area (Å²) >= 11 is 1.15. The number of ether oxygens (including phenoxy) is 2. The van der Waals surface area contributed by atoms with E-state index in [9.17, 15) is 14.7 Å². The van der Waals surface area contributed by atoms with Gasteiger partial charge in [-0.2, -0.15) is 0 Å². The van der Waals surface area contributed by atoms with E-state index in [2.05, 4.69) is 17.5 Å². The Morgan fingerprint density at radius 1 is 1.12 bits per heavy atom. The third-order valence-electron chi connectivity index (χ3n) is 5.25. The first-order valence-corrected chi connectivity index (χ1v) is 10.7. The lowest BCUT2D eigenvalue weighted by molar-refractivity contribution is -0.284. The second-order valence-electron chi connectivity index (χ2n) is 7.43. The number of allylic oxidation sites excluding steroid dienone is 2. The van der Waals surface area contributed by atoms with Gasteiger partial charge in [0.15, 0.2) is 5.79 Å². The molecular formula is C19H29NO5S. The molecule has 6 nitrogen and oxygen atoms in total. The van der Waals surface area contributed by atoms with Crippen molar-refractivity contribution >= 4 is 23.0 Å². The quantitative estimate of drug-likeness (QED) is 0.534. The first-order valence-electron chi connectivity index (χ1n) is 9.73. The van der Waals surface area contributed by atoms with E-state index in [1.807, 2.05) is 0 Å². The normalized spacial score (nSPS) is 38.6. The zero-order chi connectivity index (χ0) is 18.4. The van der Waals surface area contributed by atoms with Crippen LogP contribution >= 0.6 is 11.8 Å². The van der Waals surface area contributed by atoms with Crippen LogP contribution in [0.3, 0.4) is 0 Å². The Balaban J connectivity index is 1.68. The summed E-state index contributed by atoms with van der Waals surface area (Å²) in [6, 6.07) is -0.467. The van der Waals surface area contributed by atoms with Crippen LogP contribution in [-0.4, -0.2) is 46.1 Å². The number of carbonyl (C=O) groups excluding carboxylic acids is 2. The highest BCUT2D eigenvalue weighted by Gasteiger charge is 2.49. The Morgan fingerprint density at radius 2 is 1.92 bits per heavy atom. The van der Waals surface area contributed by atoms with Crippen molar-refractivity contribution in [3.63, 3.8) is 0 Å². The number of fused-ring (bicyclic) bond motifs is 2. The van der Waals surface area contributed by atoms with E-state index in [-0.39, 0.29) is 29.8 Å². The summed E-state index contributed by atoms with van der Waals surface area (Å²) in [4.78, 5) is 23.7. The van der Waals surface area contributed by atoms with Crippen molar-refractivity contribution in [3.05, 3.63) is 12.2 Å². The number of thioether (sulfide) groups is 1. The van der Waals surface area contributed by atoms with Crippen LogP contribution in [-0.2, 0) is 14.3 Å². The Bertz CT molecular complexity index is 540. The highest BCUT2D eigenvalue weighted by molar-refractivity contribution is 8.14. The molecule has 0 radical (unpaired) electrons. The van der Waals surface area contributed by atoms with Gasteiger partial charge in [-0.1, -0.05) is 30.3 Å². The lowest BCUT2D eigenvalue weighted by atomic mass is 9.91. The van der Waals surface area contributed by atoms with E-state index >= 15 is 0 Å². The van der Waals surface area contributed by atoms with Gasteiger partial charge < -0.3 is 19.9 Å². The molecule has 1 amide bonds. The molecule has 0 aromatic carbocycles. The molecule has 2 N–H and O–H groups in total. The number of rotatable bonds is 1. The summed E-state index contributed by atoms with van der Waals surface area (Å²) in [6.07, 6.45) is 11.9. The predicted octanol–water partition coefficient (Wildman–Crippen LogP) is 3.28. The van der Waals surface area contributed by atoms with Gasteiger partial charge in [-0.05, 0) is 38.5 Å². The topological polar surface area (TPSA) is 84.9 Å². The van der Waals surface area contributed by atoms with Crippen LogP contribution in [0.25, 0.3) is 0 Å². The second kappa shape index (κ2) is 9.24. The van der Waals surface area contributed by atoms with Gasteiger partial charge in [0.1, 0.15) is 6.10 Å². The van der Waals surface area contributed by atoms with E-state index in [0.29, 0.717) is 18.6 Å². The van der Waals surface area contributed by atoms with Gasteiger partial charge in [-0.3, -0.25) is 9.59 Å². The predicted molar refractivity (Wildman–Crippen MR) is 99.8 cm³/mol. The van der Waals surface area contributed by atoms with Crippen molar-refractivity contribution in [1.29, 1.82) is 0 Å². The van der Waals surface area contributed by atoms with E-state index in [1.165, 1.54) is 0 Å². The highest BCUT2D eigenvalue weighted by Crippen LogP contribution is 2.36. The smallest absolute Gasteiger partial charge is 0.306 e. The van der Waals surface area contributed by atoms with Gasteiger partial charge in [-0.25, -0.2) is 0 Å². The summed E-state index contributed by atoms with van der Waals surface area (Å²) in [5.74, 6) is -1.21. The zero-order valence-corrected chi connectivity index (χ0v) is 16.0. The molecule has 3 aliphatic rings. The van der Waals surface area contributed by atoms with Gasteiger partial charge >= 0.3 is 5.97 Å². The molecule has 2 fully saturated rings. The van der Waals surface area contributed by atoms with Crippen LogP contribution < -0.4 is 5.32 Å². The Kier molecular flexibility index (Phi) is 7.00. The molecule has 0 spiro atoms. The van der Waals surface area contributed by atoms with Crippen molar-refractivity contribution in [2.24, 2.45) is 0 Å². The highest BCUT2D eigenvalue weighted by atomic mass is 32.2. The molecule has 2 bridgehead atoms. The van der Waals surface area contributed by atoms with Gasteiger partial charge in [0.2, 0.25) is 0 Å². The van der Waals surface area contributed by atoms with E-state index in [0.717, 1.165) is 56.7 Å². The number of aliphatic hydroxyl groups is 1. The lowest BCUT2D eigenvalue weighted by Crippen LogP contribution is -2.58. The van der Waals surface area contributed by atoms with Gasteiger partial charge in [0.05, 0.1) is 12.1 Å². The number of carbonyl (C=O) groups is 2. The standard InChI is InChI=1S/C19H29NO5S/c21-17-10-8-6-4-2-1-3-5-7-9-14-11-15(24-17)12-19(23,25-14)16-13-26-18(22)20-16/h1,3,14-16,23H,2,4-13H2,(H,20,22)/b3-1+/t14?,15-,16+,19-/m1/s1. The first-order chi connectivity index (χ1) is 12.5. The van der Waals surface area contributed by atoms with Crippen molar-refractivity contribution < 1.29 is 24.2 Å². The summed E-state index contributed by atoms with van der Waals surface area (Å²) in [5, 5.41) is 13.7. The van der Waals surface area contributed by atoms with E-state index < -0.39 is 11.8 Å². The third kappa shape index (κ3) is 5.47.